The molecule has 2 N–H and O–H groups in total. The molecule has 1 amide bonds. The molecule has 3 rings (SSSR count). The number of carbonyl (C=O) groups excluding carboxylic acids is 1. The molecule has 2 heterocycles. The molecule has 3 aromatic rings. The molecule has 108 valence electrons. The Morgan fingerprint density at radius 2 is 2.19 bits per heavy atom. The van der Waals surface area contributed by atoms with Crippen LogP contribution in [-0.4, -0.2) is 16.9 Å². The van der Waals surface area contributed by atoms with Crippen molar-refractivity contribution < 1.29 is 9.21 Å². The maximum Gasteiger partial charge on any atom is 0.253 e. The highest BCUT2D eigenvalue weighted by atomic mass is 16.3. The standard InChI is InChI=1S/C17H18N2O2/c1-12(7-8-14-5-3-11-21-14)19-17(20)15-6-2-4-13-9-10-18-16(13)15/h2-6,9-12,18H,7-8H2,1H3,(H,19,20). The van der Waals surface area contributed by atoms with Crippen LogP contribution in [-0.2, 0) is 6.42 Å². The molecule has 1 atom stereocenters. The first kappa shape index (κ1) is 13.5. The van der Waals surface area contributed by atoms with Crippen molar-refractivity contribution in [1.29, 1.82) is 0 Å². The minimum atomic E-state index is -0.0463. The van der Waals surface area contributed by atoms with E-state index in [1.54, 1.807) is 6.26 Å². The average Bonchev–Trinajstić information content (AvgIpc) is 3.15. The van der Waals surface area contributed by atoms with E-state index in [-0.39, 0.29) is 11.9 Å². The Balaban J connectivity index is 1.64. The van der Waals surface area contributed by atoms with Crippen LogP contribution >= 0.6 is 0 Å². The molecule has 0 aliphatic rings. The number of aromatic nitrogens is 1. The second-order valence-electron chi connectivity index (χ2n) is 5.24. The van der Waals surface area contributed by atoms with Crippen LogP contribution < -0.4 is 5.32 Å². The third kappa shape index (κ3) is 2.99. The zero-order valence-electron chi connectivity index (χ0n) is 11.9. The van der Waals surface area contributed by atoms with Gasteiger partial charge < -0.3 is 14.7 Å². The molecule has 0 aliphatic carbocycles. The van der Waals surface area contributed by atoms with Crippen molar-refractivity contribution in [2.75, 3.05) is 0 Å². The van der Waals surface area contributed by atoms with E-state index in [1.807, 2.05) is 49.5 Å². The number of hydrogen-bond acceptors (Lipinski definition) is 2. The van der Waals surface area contributed by atoms with Gasteiger partial charge >= 0.3 is 0 Å². The fourth-order valence-corrected chi connectivity index (χ4v) is 2.46. The van der Waals surface area contributed by atoms with E-state index < -0.39 is 0 Å². The van der Waals surface area contributed by atoms with Crippen molar-refractivity contribution in [1.82, 2.24) is 10.3 Å². The van der Waals surface area contributed by atoms with Gasteiger partial charge in [-0.2, -0.15) is 0 Å². The molecule has 0 saturated heterocycles. The number of carbonyl (C=O) groups is 1. The van der Waals surface area contributed by atoms with Crippen LogP contribution in [0.4, 0.5) is 0 Å². The molecule has 1 unspecified atom stereocenters. The number of aromatic amines is 1. The van der Waals surface area contributed by atoms with Gasteiger partial charge in [-0.25, -0.2) is 0 Å². The number of aryl methyl sites for hydroxylation is 1. The van der Waals surface area contributed by atoms with Gasteiger partial charge in [0.15, 0.2) is 0 Å². The number of H-pyrrole nitrogens is 1. The summed E-state index contributed by atoms with van der Waals surface area (Å²) >= 11 is 0. The van der Waals surface area contributed by atoms with Gasteiger partial charge in [-0.05, 0) is 37.6 Å². The number of amides is 1. The first-order chi connectivity index (χ1) is 10.2. The summed E-state index contributed by atoms with van der Waals surface area (Å²) in [6.45, 7) is 2.01. The van der Waals surface area contributed by atoms with E-state index in [4.69, 9.17) is 4.42 Å². The fraction of sp³-hybridized carbons (Fsp3) is 0.235. The maximum atomic E-state index is 12.4. The first-order valence-electron chi connectivity index (χ1n) is 7.13. The minimum absolute atomic E-state index is 0.0463. The summed E-state index contributed by atoms with van der Waals surface area (Å²) < 4.78 is 5.30. The molecule has 0 spiro atoms. The molecule has 1 aromatic carbocycles. The van der Waals surface area contributed by atoms with Gasteiger partial charge in [0.2, 0.25) is 0 Å². The summed E-state index contributed by atoms with van der Waals surface area (Å²) in [5.74, 6) is 0.901. The van der Waals surface area contributed by atoms with E-state index in [1.165, 1.54) is 0 Å². The molecule has 2 aromatic heterocycles. The van der Waals surface area contributed by atoms with Crippen LogP contribution in [0, 0.1) is 0 Å². The van der Waals surface area contributed by atoms with Crippen molar-refractivity contribution in [3.05, 3.63) is 60.2 Å². The number of furan rings is 1. The number of nitrogens with one attached hydrogen (secondary N) is 2. The summed E-state index contributed by atoms with van der Waals surface area (Å²) in [5, 5.41) is 4.09. The first-order valence-corrected chi connectivity index (χ1v) is 7.13. The molecular weight excluding hydrogens is 264 g/mol. The SMILES string of the molecule is CC(CCc1ccco1)NC(=O)c1cccc2cc[nH]c12. The normalized spacial score (nSPS) is 12.4. The van der Waals surface area contributed by atoms with Crippen LogP contribution in [0.5, 0.6) is 0 Å². The number of benzene rings is 1. The summed E-state index contributed by atoms with van der Waals surface area (Å²) in [7, 11) is 0. The Morgan fingerprint density at radius 3 is 3.00 bits per heavy atom. The van der Waals surface area contributed by atoms with Gasteiger partial charge in [-0.1, -0.05) is 12.1 Å². The van der Waals surface area contributed by atoms with Gasteiger partial charge in [-0.3, -0.25) is 4.79 Å². The lowest BCUT2D eigenvalue weighted by Gasteiger charge is -2.13. The van der Waals surface area contributed by atoms with Gasteiger partial charge in [0.05, 0.1) is 17.3 Å². The van der Waals surface area contributed by atoms with Gasteiger partial charge in [0, 0.05) is 24.0 Å². The van der Waals surface area contributed by atoms with Gasteiger partial charge in [0.1, 0.15) is 5.76 Å². The molecule has 0 aliphatic heterocycles. The molecule has 4 nitrogen and oxygen atoms in total. The monoisotopic (exact) mass is 282 g/mol. The van der Waals surface area contributed by atoms with E-state index >= 15 is 0 Å². The lowest BCUT2D eigenvalue weighted by atomic mass is 10.1. The van der Waals surface area contributed by atoms with Crippen molar-refractivity contribution in [2.45, 2.75) is 25.8 Å². The highest BCUT2D eigenvalue weighted by Gasteiger charge is 2.13. The van der Waals surface area contributed by atoms with Crippen molar-refractivity contribution in [3.8, 4) is 0 Å². The lowest BCUT2D eigenvalue weighted by Crippen LogP contribution is -2.33. The zero-order valence-corrected chi connectivity index (χ0v) is 11.9. The average molecular weight is 282 g/mol. The summed E-state index contributed by atoms with van der Waals surface area (Å²) in [6, 6.07) is 11.6. The molecule has 0 bridgehead atoms. The number of hydrogen-bond donors (Lipinski definition) is 2. The van der Waals surface area contributed by atoms with Crippen molar-refractivity contribution >= 4 is 16.8 Å². The third-order valence-electron chi connectivity index (χ3n) is 3.61. The van der Waals surface area contributed by atoms with Gasteiger partial charge in [-0.15, -0.1) is 0 Å². The zero-order chi connectivity index (χ0) is 14.7. The van der Waals surface area contributed by atoms with Gasteiger partial charge in [0.25, 0.3) is 5.91 Å². The molecular formula is C17H18N2O2. The summed E-state index contributed by atoms with van der Waals surface area (Å²) in [4.78, 5) is 15.5. The van der Waals surface area contributed by atoms with Crippen LogP contribution in [0.15, 0.2) is 53.3 Å². The minimum Gasteiger partial charge on any atom is -0.469 e. The Morgan fingerprint density at radius 1 is 1.29 bits per heavy atom. The molecule has 4 heteroatoms. The summed E-state index contributed by atoms with van der Waals surface area (Å²) in [6.07, 6.45) is 5.19. The van der Waals surface area contributed by atoms with Crippen LogP contribution in [0.25, 0.3) is 10.9 Å². The molecule has 21 heavy (non-hydrogen) atoms. The quantitative estimate of drug-likeness (QED) is 0.752. The topological polar surface area (TPSA) is 58.0 Å². The smallest absolute Gasteiger partial charge is 0.253 e. The molecule has 0 saturated carbocycles. The molecule has 0 fully saturated rings. The maximum absolute atomic E-state index is 12.4. The van der Waals surface area contributed by atoms with E-state index in [0.29, 0.717) is 5.56 Å². The van der Waals surface area contributed by atoms with Crippen LogP contribution in [0.2, 0.25) is 0 Å². The number of rotatable bonds is 5. The summed E-state index contributed by atoms with van der Waals surface area (Å²) in [5.41, 5.74) is 1.57. The number of fused-ring (bicyclic) bond motifs is 1. The predicted molar refractivity (Wildman–Crippen MR) is 82.3 cm³/mol. The van der Waals surface area contributed by atoms with Crippen LogP contribution in [0.1, 0.15) is 29.5 Å². The number of para-hydroxylation sites is 1. The molecule has 0 radical (unpaired) electrons. The Bertz CT molecular complexity index is 728. The largest absolute Gasteiger partial charge is 0.469 e. The highest BCUT2D eigenvalue weighted by Crippen LogP contribution is 2.17. The highest BCUT2D eigenvalue weighted by molar-refractivity contribution is 6.05. The Kier molecular flexibility index (Phi) is 3.77. The lowest BCUT2D eigenvalue weighted by molar-refractivity contribution is 0.0939. The second kappa shape index (κ2) is 5.87. The Labute approximate surface area is 123 Å². The predicted octanol–water partition coefficient (Wildman–Crippen LogP) is 3.51. The Hall–Kier alpha value is -2.49. The van der Waals surface area contributed by atoms with E-state index in [2.05, 4.69) is 10.3 Å². The second-order valence-corrected chi connectivity index (χ2v) is 5.24. The van der Waals surface area contributed by atoms with E-state index in [0.717, 1.165) is 29.5 Å². The van der Waals surface area contributed by atoms with Crippen molar-refractivity contribution in [2.24, 2.45) is 0 Å². The fourth-order valence-electron chi connectivity index (χ4n) is 2.46. The van der Waals surface area contributed by atoms with E-state index in [9.17, 15) is 4.79 Å². The third-order valence-corrected chi connectivity index (χ3v) is 3.61. The van der Waals surface area contributed by atoms with Crippen molar-refractivity contribution in [3.63, 3.8) is 0 Å². The van der Waals surface area contributed by atoms with Crippen LogP contribution in [0.3, 0.4) is 0 Å².